The normalized spacial score (nSPS) is 11.9. The predicted octanol–water partition coefficient (Wildman–Crippen LogP) is 4.30. The lowest BCUT2D eigenvalue weighted by Gasteiger charge is -2.18. The predicted molar refractivity (Wildman–Crippen MR) is 62.4 cm³/mol. The van der Waals surface area contributed by atoms with Gasteiger partial charge in [0.05, 0.1) is 5.56 Å². The average molecular weight is 240 g/mol. The zero-order chi connectivity index (χ0) is 13.1. The summed E-state index contributed by atoms with van der Waals surface area (Å²) in [5.74, 6) is 5.80. The van der Waals surface area contributed by atoms with Gasteiger partial charge >= 0.3 is 6.18 Å². The number of benzene rings is 1. The van der Waals surface area contributed by atoms with Crippen molar-refractivity contribution in [2.45, 2.75) is 33.4 Å². The molecule has 17 heavy (non-hydrogen) atoms. The van der Waals surface area contributed by atoms with Gasteiger partial charge in [0.1, 0.15) is 0 Å². The van der Waals surface area contributed by atoms with E-state index in [4.69, 9.17) is 0 Å². The molecule has 0 saturated heterocycles. The van der Waals surface area contributed by atoms with Gasteiger partial charge in [-0.1, -0.05) is 24.1 Å². The van der Waals surface area contributed by atoms with Crippen molar-refractivity contribution in [3.05, 3.63) is 35.4 Å². The van der Waals surface area contributed by atoms with Gasteiger partial charge in [0.15, 0.2) is 0 Å². The molecule has 0 amide bonds. The van der Waals surface area contributed by atoms with Crippen LogP contribution in [0.2, 0.25) is 0 Å². The molecule has 0 aliphatic heterocycles. The van der Waals surface area contributed by atoms with Gasteiger partial charge in [0.2, 0.25) is 0 Å². The minimum atomic E-state index is -4.28. The highest BCUT2D eigenvalue weighted by atomic mass is 19.4. The van der Waals surface area contributed by atoms with Crippen LogP contribution in [0.3, 0.4) is 0 Å². The first-order chi connectivity index (χ1) is 7.74. The lowest BCUT2D eigenvalue weighted by Crippen LogP contribution is -2.13. The largest absolute Gasteiger partial charge is 0.416 e. The Morgan fingerprint density at radius 1 is 1.18 bits per heavy atom. The lowest BCUT2D eigenvalue weighted by atomic mass is 9.86. The van der Waals surface area contributed by atoms with E-state index in [1.807, 2.05) is 13.8 Å². The van der Waals surface area contributed by atoms with Crippen LogP contribution in [-0.4, -0.2) is 0 Å². The molecule has 0 aliphatic rings. The fourth-order valence-electron chi connectivity index (χ4n) is 1.75. The van der Waals surface area contributed by atoms with Gasteiger partial charge in [-0.05, 0) is 38.8 Å². The van der Waals surface area contributed by atoms with E-state index < -0.39 is 11.7 Å². The second-order valence-corrected chi connectivity index (χ2v) is 4.63. The van der Waals surface area contributed by atoms with Gasteiger partial charge in [0, 0.05) is 5.41 Å². The highest BCUT2D eigenvalue weighted by Gasteiger charge is 2.30. The van der Waals surface area contributed by atoms with Crippen LogP contribution in [0.5, 0.6) is 0 Å². The van der Waals surface area contributed by atoms with Crippen molar-refractivity contribution >= 4 is 0 Å². The Bertz CT molecular complexity index is 445. The summed E-state index contributed by atoms with van der Waals surface area (Å²) in [5.41, 5.74) is -0.248. The topological polar surface area (TPSA) is 0 Å². The lowest BCUT2D eigenvalue weighted by molar-refractivity contribution is -0.137. The minimum Gasteiger partial charge on any atom is -0.166 e. The summed E-state index contributed by atoms with van der Waals surface area (Å²) in [6, 6.07) is 5.42. The quantitative estimate of drug-likeness (QED) is 0.676. The third-order valence-electron chi connectivity index (χ3n) is 2.36. The molecule has 3 heteroatoms. The molecule has 0 bridgehead atoms. The molecule has 0 saturated carbocycles. The van der Waals surface area contributed by atoms with Crippen molar-refractivity contribution in [3.63, 3.8) is 0 Å². The Balaban J connectivity index is 2.97. The van der Waals surface area contributed by atoms with Gasteiger partial charge in [-0.2, -0.15) is 13.2 Å². The maximum absolute atomic E-state index is 12.5. The Morgan fingerprint density at radius 2 is 1.82 bits per heavy atom. The van der Waals surface area contributed by atoms with E-state index in [1.165, 1.54) is 12.1 Å². The molecule has 0 heterocycles. The molecule has 1 rings (SSSR count). The molecule has 0 unspecified atom stereocenters. The molecule has 0 atom stereocenters. The summed E-state index contributed by atoms with van der Waals surface area (Å²) in [7, 11) is 0. The van der Waals surface area contributed by atoms with Gasteiger partial charge in [-0.3, -0.25) is 0 Å². The van der Waals surface area contributed by atoms with Crippen LogP contribution >= 0.6 is 0 Å². The minimum absolute atomic E-state index is 0.307. The van der Waals surface area contributed by atoms with Crippen molar-refractivity contribution in [3.8, 4) is 11.8 Å². The molecule has 1 aromatic carbocycles. The SMILES string of the molecule is CC#CC(C)(C)Cc1cccc(C(F)(F)F)c1. The summed E-state index contributed by atoms with van der Waals surface area (Å²) in [6.07, 6.45) is -3.77. The second kappa shape index (κ2) is 4.83. The van der Waals surface area contributed by atoms with Gasteiger partial charge < -0.3 is 0 Å². The van der Waals surface area contributed by atoms with Crippen molar-refractivity contribution in [1.82, 2.24) is 0 Å². The van der Waals surface area contributed by atoms with E-state index >= 15 is 0 Å². The van der Waals surface area contributed by atoms with Gasteiger partial charge in [0.25, 0.3) is 0 Å². The number of halogens is 3. The van der Waals surface area contributed by atoms with Crippen LogP contribution in [0.4, 0.5) is 13.2 Å². The first kappa shape index (κ1) is 13.6. The van der Waals surface area contributed by atoms with Crippen LogP contribution in [0, 0.1) is 17.3 Å². The van der Waals surface area contributed by atoms with E-state index in [9.17, 15) is 13.2 Å². The highest BCUT2D eigenvalue weighted by molar-refractivity contribution is 5.27. The van der Waals surface area contributed by atoms with E-state index in [-0.39, 0.29) is 5.41 Å². The Labute approximate surface area is 99.8 Å². The summed E-state index contributed by atoms with van der Waals surface area (Å²) in [4.78, 5) is 0. The van der Waals surface area contributed by atoms with Gasteiger partial charge in [-0.25, -0.2) is 0 Å². The summed E-state index contributed by atoms with van der Waals surface area (Å²) in [6.45, 7) is 5.57. The highest BCUT2D eigenvalue weighted by Crippen LogP contribution is 2.31. The molecule has 0 aromatic heterocycles. The summed E-state index contributed by atoms with van der Waals surface area (Å²) >= 11 is 0. The van der Waals surface area contributed by atoms with Crippen LogP contribution in [0.25, 0.3) is 0 Å². The summed E-state index contributed by atoms with van der Waals surface area (Å²) < 4.78 is 37.6. The van der Waals surface area contributed by atoms with Crippen LogP contribution < -0.4 is 0 Å². The Kier molecular flexibility index (Phi) is 3.87. The molecule has 1 aromatic rings. The van der Waals surface area contributed by atoms with E-state index in [1.54, 1.807) is 13.0 Å². The van der Waals surface area contributed by atoms with Crippen molar-refractivity contribution in [2.24, 2.45) is 5.41 Å². The number of hydrogen-bond donors (Lipinski definition) is 0. The zero-order valence-corrected chi connectivity index (χ0v) is 10.2. The molecule has 0 spiro atoms. The van der Waals surface area contributed by atoms with E-state index in [2.05, 4.69) is 11.8 Å². The third kappa shape index (κ3) is 4.14. The first-order valence-corrected chi connectivity index (χ1v) is 5.35. The maximum atomic E-state index is 12.5. The zero-order valence-electron chi connectivity index (χ0n) is 10.2. The number of rotatable bonds is 2. The molecule has 0 radical (unpaired) electrons. The molecule has 92 valence electrons. The first-order valence-electron chi connectivity index (χ1n) is 5.35. The molecular formula is C14H15F3. The van der Waals surface area contributed by atoms with Gasteiger partial charge in [-0.15, -0.1) is 5.92 Å². The Morgan fingerprint density at radius 3 is 2.35 bits per heavy atom. The monoisotopic (exact) mass is 240 g/mol. The molecule has 0 N–H and O–H groups in total. The van der Waals surface area contributed by atoms with E-state index in [0.717, 1.165) is 6.07 Å². The number of hydrogen-bond acceptors (Lipinski definition) is 0. The fourth-order valence-corrected chi connectivity index (χ4v) is 1.75. The van der Waals surface area contributed by atoms with E-state index in [0.29, 0.717) is 12.0 Å². The van der Waals surface area contributed by atoms with Crippen LogP contribution in [0.1, 0.15) is 31.9 Å². The molecule has 0 aliphatic carbocycles. The van der Waals surface area contributed by atoms with Crippen LogP contribution in [0.15, 0.2) is 24.3 Å². The maximum Gasteiger partial charge on any atom is 0.416 e. The van der Waals surface area contributed by atoms with Crippen LogP contribution in [-0.2, 0) is 12.6 Å². The molecule has 0 nitrogen and oxygen atoms in total. The molecule has 0 fully saturated rings. The Hall–Kier alpha value is -1.43. The second-order valence-electron chi connectivity index (χ2n) is 4.63. The number of alkyl halides is 3. The smallest absolute Gasteiger partial charge is 0.166 e. The fraction of sp³-hybridized carbons (Fsp3) is 0.429. The standard InChI is InChI=1S/C14H15F3/c1-4-8-13(2,3)10-11-6-5-7-12(9-11)14(15,16)17/h5-7,9H,10H2,1-3H3. The third-order valence-corrected chi connectivity index (χ3v) is 2.36. The van der Waals surface area contributed by atoms with Crippen molar-refractivity contribution in [1.29, 1.82) is 0 Å². The molecular weight excluding hydrogens is 225 g/mol. The van der Waals surface area contributed by atoms with Crippen molar-refractivity contribution < 1.29 is 13.2 Å². The average Bonchev–Trinajstić information content (AvgIpc) is 2.15. The van der Waals surface area contributed by atoms with Crippen molar-refractivity contribution in [2.75, 3.05) is 0 Å². The summed E-state index contributed by atoms with van der Waals surface area (Å²) in [5, 5.41) is 0.